The smallest absolute Gasteiger partial charge is 0.148 e. The van der Waals surface area contributed by atoms with Crippen LogP contribution in [-0.4, -0.2) is 12.6 Å². The topological polar surface area (TPSA) is 6.48 Å². The van der Waals surface area contributed by atoms with Crippen LogP contribution in [0.25, 0.3) is 0 Å². The van der Waals surface area contributed by atoms with E-state index in [9.17, 15) is 35.3 Å². The van der Waals surface area contributed by atoms with E-state index in [1.807, 2.05) is 0 Å². The fourth-order valence-corrected chi connectivity index (χ4v) is 1.01. The summed E-state index contributed by atoms with van der Waals surface area (Å²) in [5.41, 5.74) is -2.14. The largest absolute Gasteiger partial charge is 0.512 e. The van der Waals surface area contributed by atoms with E-state index in [-0.39, 0.29) is 0 Å². The fourth-order valence-electron chi connectivity index (χ4n) is 1.01. The van der Waals surface area contributed by atoms with Crippen molar-refractivity contribution in [3.8, 4) is 0 Å². The zero-order chi connectivity index (χ0) is 14.1. The minimum atomic E-state index is -5.33. The Morgan fingerprint density at radius 3 is 1.00 bits per heavy atom. The monoisotopic (exact) mass is 280 g/mol. The Labute approximate surface area is 94.9 Å². The second-order valence-corrected chi connectivity index (χ2v) is 3.01. The zero-order valence-electron chi connectivity index (χ0n) is 8.23. The van der Waals surface area contributed by atoms with E-state index < -0.39 is 34.2 Å². The van der Waals surface area contributed by atoms with Crippen molar-refractivity contribution in [1.82, 2.24) is 0 Å². The Kier molecular flexibility index (Phi) is 3.58. The van der Waals surface area contributed by atoms with Crippen molar-refractivity contribution in [3.05, 3.63) is 24.3 Å². The second-order valence-electron chi connectivity index (χ2n) is 3.01. The Balaban J connectivity index is 2.94. The number of benzene rings is 1. The van der Waals surface area contributed by atoms with Crippen molar-refractivity contribution in [2.24, 2.45) is 0 Å². The lowest BCUT2D eigenvalue weighted by atomic mass is 10.3. The van der Waals surface area contributed by atoms with Crippen LogP contribution in [-0.2, 0) is 0 Å². The average Bonchev–Trinajstić information content (AvgIpc) is 2.25. The van der Waals surface area contributed by atoms with Crippen molar-refractivity contribution in [2.45, 2.75) is 12.6 Å². The first kappa shape index (κ1) is 14.3. The Bertz CT molecular complexity index is 356. The SMILES string of the molecule is FN(c1ccc(N(F)C(F)(F)F)cc1)C(F)(F)F. The number of halogens is 8. The molecule has 1 rings (SSSR count). The first-order valence-electron chi connectivity index (χ1n) is 4.19. The van der Waals surface area contributed by atoms with Gasteiger partial charge in [-0.3, -0.25) is 0 Å². The molecule has 0 aliphatic carbocycles. The number of hydrogen-bond acceptors (Lipinski definition) is 2. The van der Waals surface area contributed by atoms with Crippen molar-refractivity contribution in [3.63, 3.8) is 0 Å². The molecule has 0 heterocycles. The lowest BCUT2D eigenvalue weighted by molar-refractivity contribution is -0.158. The normalized spacial score (nSPS) is 12.4. The first-order valence-corrected chi connectivity index (χ1v) is 4.19. The number of hydrogen-bond donors (Lipinski definition) is 0. The molecule has 2 nitrogen and oxygen atoms in total. The van der Waals surface area contributed by atoms with Gasteiger partial charge in [-0.1, -0.05) is 8.96 Å². The highest BCUT2D eigenvalue weighted by atomic mass is 19.4. The zero-order valence-corrected chi connectivity index (χ0v) is 8.23. The minimum Gasteiger partial charge on any atom is -0.148 e. The second kappa shape index (κ2) is 4.50. The standard InChI is InChI=1S/C8H4F8N2/c9-7(10,11)17(15)5-1-2-6(4-3-5)18(16)8(12,13)14/h1-4H. The third kappa shape index (κ3) is 3.14. The maximum absolute atomic E-state index is 12.6. The van der Waals surface area contributed by atoms with Gasteiger partial charge in [0.05, 0.1) is 11.4 Å². The molecule has 10 heteroatoms. The summed E-state index contributed by atoms with van der Waals surface area (Å²) in [5.74, 6) is 0. The van der Waals surface area contributed by atoms with Crippen LogP contribution >= 0.6 is 0 Å². The molecule has 0 saturated carbocycles. The van der Waals surface area contributed by atoms with E-state index >= 15 is 0 Å². The van der Waals surface area contributed by atoms with E-state index in [0.29, 0.717) is 24.3 Å². The molecule has 0 fully saturated rings. The predicted molar refractivity (Wildman–Crippen MR) is 45.7 cm³/mol. The Hall–Kier alpha value is -1.74. The molecule has 18 heavy (non-hydrogen) atoms. The van der Waals surface area contributed by atoms with Crippen LogP contribution in [0.2, 0.25) is 0 Å². The molecule has 102 valence electrons. The van der Waals surface area contributed by atoms with Gasteiger partial charge in [-0.15, -0.1) is 36.6 Å². The fraction of sp³-hybridized carbons (Fsp3) is 0.250. The molecule has 0 spiro atoms. The first-order chi connectivity index (χ1) is 8.03. The van der Waals surface area contributed by atoms with Crippen LogP contribution in [0.3, 0.4) is 0 Å². The molecule has 0 aliphatic rings. The van der Waals surface area contributed by atoms with E-state index in [4.69, 9.17) is 0 Å². The van der Waals surface area contributed by atoms with E-state index in [2.05, 4.69) is 0 Å². The Morgan fingerprint density at radius 2 is 0.833 bits per heavy atom. The van der Waals surface area contributed by atoms with Gasteiger partial charge in [-0.2, -0.15) is 0 Å². The minimum absolute atomic E-state index is 0.362. The molecule has 0 saturated heterocycles. The molecule has 0 N–H and O–H groups in total. The highest BCUT2D eigenvalue weighted by Gasteiger charge is 2.40. The number of anilines is 2. The van der Waals surface area contributed by atoms with Gasteiger partial charge in [0.25, 0.3) is 0 Å². The maximum Gasteiger partial charge on any atom is 0.512 e. The molecule has 1 aromatic rings. The van der Waals surface area contributed by atoms with Gasteiger partial charge in [0.1, 0.15) is 0 Å². The average molecular weight is 280 g/mol. The predicted octanol–water partition coefficient (Wildman–Crippen LogP) is 4.11. The lowest BCUT2D eigenvalue weighted by Crippen LogP contribution is -2.31. The summed E-state index contributed by atoms with van der Waals surface area (Å²) < 4.78 is 96.4. The summed E-state index contributed by atoms with van der Waals surface area (Å²) in [6, 6.07) is 1.45. The molecule has 0 bridgehead atoms. The Morgan fingerprint density at radius 1 is 0.611 bits per heavy atom. The quantitative estimate of drug-likeness (QED) is 0.457. The third-order valence-corrected chi connectivity index (χ3v) is 1.75. The summed E-state index contributed by atoms with van der Waals surface area (Å²) in [6.45, 7) is 0. The summed E-state index contributed by atoms with van der Waals surface area (Å²) in [7, 11) is 0. The van der Waals surface area contributed by atoms with Crippen LogP contribution in [0.1, 0.15) is 0 Å². The molecule has 0 aliphatic heterocycles. The van der Waals surface area contributed by atoms with Crippen molar-refractivity contribution in [1.29, 1.82) is 0 Å². The van der Waals surface area contributed by atoms with E-state index in [1.54, 1.807) is 0 Å². The molecule has 0 aromatic heterocycles. The molecule has 0 amide bonds. The number of alkyl halides is 6. The highest BCUT2D eigenvalue weighted by molar-refractivity contribution is 5.54. The summed E-state index contributed by atoms with van der Waals surface area (Å²) in [5, 5.41) is -3.21. The van der Waals surface area contributed by atoms with Gasteiger partial charge in [0, 0.05) is 0 Å². The van der Waals surface area contributed by atoms with E-state index in [1.165, 1.54) is 0 Å². The van der Waals surface area contributed by atoms with Crippen molar-refractivity contribution >= 4 is 11.4 Å². The molecule has 0 unspecified atom stereocenters. The van der Waals surface area contributed by atoms with Gasteiger partial charge in [-0.05, 0) is 24.3 Å². The molecule has 0 radical (unpaired) electrons. The lowest BCUT2D eigenvalue weighted by Gasteiger charge is -2.19. The van der Waals surface area contributed by atoms with Crippen molar-refractivity contribution < 1.29 is 35.3 Å². The molecule has 0 atom stereocenters. The molecular weight excluding hydrogens is 276 g/mol. The summed E-state index contributed by atoms with van der Waals surface area (Å²) in [6.07, 6.45) is -10.7. The molecular formula is C8H4F8N2. The van der Waals surface area contributed by atoms with Gasteiger partial charge in [-0.25, -0.2) is 0 Å². The molecule has 1 aromatic carbocycles. The summed E-state index contributed by atoms with van der Waals surface area (Å²) in [4.78, 5) is 0. The van der Waals surface area contributed by atoms with Gasteiger partial charge in [0.15, 0.2) is 0 Å². The van der Waals surface area contributed by atoms with Crippen LogP contribution in [0.5, 0.6) is 0 Å². The third-order valence-electron chi connectivity index (χ3n) is 1.75. The van der Waals surface area contributed by atoms with Crippen LogP contribution < -0.4 is 10.2 Å². The van der Waals surface area contributed by atoms with Crippen LogP contribution in [0.4, 0.5) is 46.7 Å². The van der Waals surface area contributed by atoms with Gasteiger partial charge < -0.3 is 0 Å². The van der Waals surface area contributed by atoms with Gasteiger partial charge in [0.2, 0.25) is 0 Å². The van der Waals surface area contributed by atoms with Crippen LogP contribution in [0, 0.1) is 0 Å². The number of nitrogens with zero attached hydrogens (tertiary/aromatic N) is 2. The van der Waals surface area contributed by atoms with Crippen LogP contribution in [0.15, 0.2) is 24.3 Å². The highest BCUT2D eigenvalue weighted by Crippen LogP contribution is 2.33. The maximum atomic E-state index is 12.6. The summed E-state index contributed by atoms with van der Waals surface area (Å²) >= 11 is 0. The van der Waals surface area contributed by atoms with Gasteiger partial charge >= 0.3 is 12.6 Å². The van der Waals surface area contributed by atoms with Crippen molar-refractivity contribution in [2.75, 3.05) is 10.2 Å². The van der Waals surface area contributed by atoms with E-state index in [0.717, 1.165) is 0 Å². The number of rotatable bonds is 2.